The predicted molar refractivity (Wildman–Crippen MR) is 102 cm³/mol. The van der Waals surface area contributed by atoms with Gasteiger partial charge in [-0.25, -0.2) is 0 Å². The normalized spacial score (nSPS) is 10.2. The zero-order valence-corrected chi connectivity index (χ0v) is 15.7. The van der Waals surface area contributed by atoms with Crippen LogP contribution in [0, 0.1) is 0 Å². The minimum absolute atomic E-state index is 0.0623. The molecule has 0 aliphatic carbocycles. The number of carbonyl (C=O) groups excluding carboxylic acids is 1. The molecule has 0 aromatic heterocycles. The highest BCUT2D eigenvalue weighted by Crippen LogP contribution is 2.28. The van der Waals surface area contributed by atoms with E-state index in [9.17, 15) is 4.79 Å². The minimum atomic E-state index is -0.0623. The number of methoxy groups -OCH3 is 3. The van der Waals surface area contributed by atoms with Gasteiger partial charge in [0.15, 0.2) is 11.5 Å². The molecular weight excluding hydrogens is 330 g/mol. The number of nitrogens with zero attached hydrogens (tertiary/aromatic N) is 1. The number of benzene rings is 2. The Balaban J connectivity index is 2.19. The average Bonchev–Trinajstić information content (AvgIpc) is 2.67. The number of hydrogen-bond donors (Lipinski definition) is 0. The van der Waals surface area contributed by atoms with E-state index in [1.54, 1.807) is 45.4 Å². The molecule has 138 valence electrons. The molecule has 0 aliphatic heterocycles. The number of ether oxygens (including phenoxy) is 3. The Morgan fingerprint density at radius 2 is 1.65 bits per heavy atom. The molecule has 0 radical (unpaired) electrons. The van der Waals surface area contributed by atoms with Crippen molar-refractivity contribution in [1.29, 1.82) is 0 Å². The van der Waals surface area contributed by atoms with Crippen LogP contribution in [0.25, 0.3) is 0 Å². The van der Waals surface area contributed by atoms with Crippen LogP contribution in [-0.2, 0) is 13.0 Å². The van der Waals surface area contributed by atoms with Crippen LogP contribution in [0.2, 0.25) is 0 Å². The summed E-state index contributed by atoms with van der Waals surface area (Å²) >= 11 is 0. The molecule has 0 unspecified atom stereocenters. The molecule has 0 fully saturated rings. The van der Waals surface area contributed by atoms with Crippen LogP contribution < -0.4 is 14.2 Å². The Morgan fingerprint density at radius 1 is 1.00 bits per heavy atom. The van der Waals surface area contributed by atoms with Gasteiger partial charge in [0.05, 0.1) is 21.3 Å². The molecule has 26 heavy (non-hydrogen) atoms. The lowest BCUT2D eigenvalue weighted by molar-refractivity contribution is 0.0785. The number of allylic oxidation sites excluding steroid dienone is 1. The van der Waals surface area contributed by atoms with Crippen LogP contribution in [0.4, 0.5) is 0 Å². The van der Waals surface area contributed by atoms with Gasteiger partial charge in [-0.15, -0.1) is 6.58 Å². The van der Waals surface area contributed by atoms with Crippen molar-refractivity contribution in [1.82, 2.24) is 4.90 Å². The first-order valence-corrected chi connectivity index (χ1v) is 8.28. The molecule has 2 aromatic rings. The van der Waals surface area contributed by atoms with Gasteiger partial charge in [-0.05, 0) is 47.9 Å². The maximum atomic E-state index is 12.8. The highest BCUT2D eigenvalue weighted by molar-refractivity contribution is 5.94. The Kier molecular flexibility index (Phi) is 6.67. The Labute approximate surface area is 154 Å². The summed E-state index contributed by atoms with van der Waals surface area (Å²) in [6.07, 6.45) is 2.43. The molecule has 0 saturated carbocycles. The van der Waals surface area contributed by atoms with Crippen molar-refractivity contribution in [2.24, 2.45) is 0 Å². The largest absolute Gasteiger partial charge is 0.496 e. The quantitative estimate of drug-likeness (QED) is 0.677. The lowest BCUT2D eigenvalue weighted by atomic mass is 10.1. The van der Waals surface area contributed by atoms with Crippen molar-refractivity contribution in [3.8, 4) is 17.2 Å². The fourth-order valence-electron chi connectivity index (χ4n) is 2.77. The summed E-state index contributed by atoms with van der Waals surface area (Å²) in [5.74, 6) is 2.00. The average molecular weight is 355 g/mol. The van der Waals surface area contributed by atoms with Crippen LogP contribution in [0.5, 0.6) is 17.2 Å². The van der Waals surface area contributed by atoms with E-state index in [-0.39, 0.29) is 5.91 Å². The van der Waals surface area contributed by atoms with Gasteiger partial charge in [0.1, 0.15) is 5.75 Å². The molecule has 5 nitrogen and oxygen atoms in total. The summed E-state index contributed by atoms with van der Waals surface area (Å²) < 4.78 is 15.9. The van der Waals surface area contributed by atoms with Crippen LogP contribution in [0.3, 0.4) is 0 Å². The lowest BCUT2D eigenvalue weighted by Crippen LogP contribution is -2.26. The summed E-state index contributed by atoms with van der Waals surface area (Å²) in [4.78, 5) is 14.5. The highest BCUT2D eigenvalue weighted by Gasteiger charge is 2.15. The van der Waals surface area contributed by atoms with E-state index >= 15 is 0 Å². The van der Waals surface area contributed by atoms with E-state index in [1.807, 2.05) is 30.3 Å². The smallest absolute Gasteiger partial charge is 0.253 e. The van der Waals surface area contributed by atoms with Crippen LogP contribution in [0.15, 0.2) is 49.1 Å². The second-order valence-electron chi connectivity index (χ2n) is 5.87. The van der Waals surface area contributed by atoms with Crippen LogP contribution in [-0.4, -0.2) is 39.2 Å². The van der Waals surface area contributed by atoms with Crippen LogP contribution >= 0.6 is 0 Å². The van der Waals surface area contributed by atoms with Crippen molar-refractivity contribution in [2.45, 2.75) is 13.0 Å². The predicted octanol–water partition coefficient (Wildman–Crippen LogP) is 3.71. The van der Waals surface area contributed by atoms with E-state index < -0.39 is 0 Å². The van der Waals surface area contributed by atoms with Crippen molar-refractivity contribution < 1.29 is 19.0 Å². The van der Waals surface area contributed by atoms with Crippen molar-refractivity contribution in [3.05, 3.63) is 65.7 Å². The Bertz CT molecular complexity index is 786. The molecule has 0 bridgehead atoms. The fourth-order valence-corrected chi connectivity index (χ4v) is 2.77. The topological polar surface area (TPSA) is 48.0 Å². The van der Waals surface area contributed by atoms with Gasteiger partial charge in [-0.2, -0.15) is 0 Å². The molecule has 0 N–H and O–H groups in total. The van der Waals surface area contributed by atoms with Crippen LogP contribution in [0.1, 0.15) is 21.5 Å². The molecule has 0 spiro atoms. The van der Waals surface area contributed by atoms with Crippen molar-refractivity contribution >= 4 is 5.91 Å². The molecule has 1 amide bonds. The molecule has 5 heteroatoms. The van der Waals surface area contributed by atoms with Gasteiger partial charge in [-0.3, -0.25) is 4.79 Å². The molecule has 0 atom stereocenters. The van der Waals surface area contributed by atoms with Crippen molar-refractivity contribution in [3.63, 3.8) is 0 Å². The molecular formula is C21H25NO4. The molecule has 2 rings (SSSR count). The number of amides is 1. The number of rotatable bonds is 8. The van der Waals surface area contributed by atoms with E-state index in [0.29, 0.717) is 30.0 Å². The first-order chi connectivity index (χ1) is 12.5. The second-order valence-corrected chi connectivity index (χ2v) is 5.87. The fraction of sp³-hybridized carbons (Fsp3) is 0.286. The van der Waals surface area contributed by atoms with E-state index in [1.165, 1.54) is 0 Å². The van der Waals surface area contributed by atoms with Gasteiger partial charge in [-0.1, -0.05) is 12.1 Å². The van der Waals surface area contributed by atoms with Gasteiger partial charge in [0.25, 0.3) is 5.91 Å². The highest BCUT2D eigenvalue weighted by atomic mass is 16.5. The minimum Gasteiger partial charge on any atom is -0.496 e. The van der Waals surface area contributed by atoms with E-state index in [4.69, 9.17) is 14.2 Å². The Hall–Kier alpha value is -2.95. The zero-order valence-electron chi connectivity index (χ0n) is 15.7. The Morgan fingerprint density at radius 3 is 2.27 bits per heavy atom. The van der Waals surface area contributed by atoms with E-state index in [0.717, 1.165) is 16.9 Å². The molecule has 2 aromatic carbocycles. The molecule has 0 aliphatic rings. The van der Waals surface area contributed by atoms with Gasteiger partial charge < -0.3 is 19.1 Å². The summed E-state index contributed by atoms with van der Waals surface area (Å²) in [5, 5.41) is 0. The van der Waals surface area contributed by atoms with E-state index in [2.05, 4.69) is 6.58 Å². The number of carbonyl (C=O) groups is 1. The summed E-state index contributed by atoms with van der Waals surface area (Å²) in [5.41, 5.74) is 2.51. The first kappa shape index (κ1) is 19.4. The van der Waals surface area contributed by atoms with Gasteiger partial charge >= 0.3 is 0 Å². The third kappa shape index (κ3) is 4.36. The van der Waals surface area contributed by atoms with Crippen molar-refractivity contribution in [2.75, 3.05) is 28.4 Å². The second kappa shape index (κ2) is 8.94. The summed E-state index contributed by atoms with van der Waals surface area (Å²) in [6.45, 7) is 4.21. The third-order valence-corrected chi connectivity index (χ3v) is 4.11. The summed E-state index contributed by atoms with van der Waals surface area (Å²) in [6, 6.07) is 11.1. The zero-order chi connectivity index (χ0) is 19.1. The summed E-state index contributed by atoms with van der Waals surface area (Å²) in [7, 11) is 6.58. The van der Waals surface area contributed by atoms with Gasteiger partial charge in [0.2, 0.25) is 0 Å². The molecule has 0 saturated heterocycles. The third-order valence-electron chi connectivity index (χ3n) is 4.11. The SMILES string of the molecule is C=CCc1cc(C(=O)N(C)Cc2ccc(OC)c(OC)c2)ccc1OC. The lowest BCUT2D eigenvalue weighted by Gasteiger charge is -2.19. The maximum absolute atomic E-state index is 12.8. The molecule has 0 heterocycles. The monoisotopic (exact) mass is 355 g/mol. The maximum Gasteiger partial charge on any atom is 0.253 e. The standard InChI is InChI=1S/C21H25NO4/c1-6-7-16-13-17(9-11-18(16)24-3)21(23)22(2)14-15-8-10-19(25-4)20(12-15)26-5/h6,8-13H,1,7,14H2,2-5H3. The number of hydrogen-bond acceptors (Lipinski definition) is 4. The van der Waals surface area contributed by atoms with Gasteiger partial charge in [0, 0.05) is 19.2 Å². The first-order valence-electron chi connectivity index (χ1n) is 8.28.